The van der Waals surface area contributed by atoms with Gasteiger partial charge in [0, 0.05) is 37.4 Å². The van der Waals surface area contributed by atoms with E-state index in [2.05, 4.69) is 10.2 Å². The topological polar surface area (TPSA) is 52.7 Å². The van der Waals surface area contributed by atoms with Crippen LogP contribution in [0, 0.1) is 5.82 Å². The largest absolute Gasteiger partial charge is 0.370 e. The highest BCUT2D eigenvalue weighted by Gasteiger charge is 2.24. The predicted molar refractivity (Wildman–Crippen MR) is 128 cm³/mol. The highest BCUT2D eigenvalue weighted by molar-refractivity contribution is 5.94. The second kappa shape index (κ2) is 10.8. The SMILES string of the molecule is O=C(NC(CC(=O)N1CCCN(c2ccc(F)cc2)CC1)c1ccccc1)c1ccccc1. The van der Waals surface area contributed by atoms with Crippen LogP contribution in [0.15, 0.2) is 84.9 Å². The quantitative estimate of drug-likeness (QED) is 0.611. The average molecular weight is 446 g/mol. The standard InChI is InChI=1S/C27H28FN3O2/c28-23-12-14-24(15-13-23)30-16-7-17-31(19-18-30)26(32)20-25(21-8-3-1-4-9-21)29-27(33)22-10-5-2-6-11-22/h1-6,8-15,25H,7,16-20H2,(H,29,33). The number of hydrogen-bond donors (Lipinski definition) is 1. The van der Waals surface area contributed by atoms with E-state index in [1.54, 1.807) is 24.3 Å². The smallest absolute Gasteiger partial charge is 0.251 e. The molecule has 0 aromatic heterocycles. The van der Waals surface area contributed by atoms with Gasteiger partial charge in [-0.15, -0.1) is 0 Å². The van der Waals surface area contributed by atoms with Crippen molar-refractivity contribution in [2.24, 2.45) is 0 Å². The van der Waals surface area contributed by atoms with Crippen molar-refractivity contribution in [3.8, 4) is 0 Å². The molecule has 2 amide bonds. The van der Waals surface area contributed by atoms with Gasteiger partial charge in [-0.1, -0.05) is 48.5 Å². The molecule has 6 heteroatoms. The summed E-state index contributed by atoms with van der Waals surface area (Å²) in [5.41, 5.74) is 2.43. The van der Waals surface area contributed by atoms with E-state index in [1.807, 2.05) is 53.4 Å². The lowest BCUT2D eigenvalue weighted by Crippen LogP contribution is -2.38. The van der Waals surface area contributed by atoms with Gasteiger partial charge in [-0.25, -0.2) is 4.39 Å². The van der Waals surface area contributed by atoms with Crippen LogP contribution < -0.4 is 10.2 Å². The van der Waals surface area contributed by atoms with Gasteiger partial charge in [-0.3, -0.25) is 9.59 Å². The second-order valence-corrected chi connectivity index (χ2v) is 8.20. The minimum absolute atomic E-state index is 0.0122. The summed E-state index contributed by atoms with van der Waals surface area (Å²) in [4.78, 5) is 30.1. The monoisotopic (exact) mass is 445 g/mol. The Morgan fingerprint density at radius 2 is 1.48 bits per heavy atom. The van der Waals surface area contributed by atoms with Crippen LogP contribution in [0.3, 0.4) is 0 Å². The Hall–Kier alpha value is -3.67. The first-order chi connectivity index (χ1) is 16.1. The van der Waals surface area contributed by atoms with Crippen LogP contribution in [-0.2, 0) is 4.79 Å². The first kappa shape index (κ1) is 22.5. The number of carbonyl (C=O) groups excluding carboxylic acids is 2. The number of halogens is 1. The third-order valence-electron chi connectivity index (χ3n) is 5.96. The fraction of sp³-hybridized carbons (Fsp3) is 0.259. The third kappa shape index (κ3) is 5.98. The number of nitrogens with one attached hydrogen (secondary N) is 1. The fourth-order valence-corrected chi connectivity index (χ4v) is 4.15. The molecule has 3 aromatic carbocycles. The Morgan fingerprint density at radius 3 is 2.18 bits per heavy atom. The van der Waals surface area contributed by atoms with Crippen LogP contribution in [0.25, 0.3) is 0 Å². The molecule has 0 spiro atoms. The van der Waals surface area contributed by atoms with Gasteiger partial charge in [0.15, 0.2) is 0 Å². The maximum atomic E-state index is 13.3. The van der Waals surface area contributed by atoms with E-state index in [1.165, 1.54) is 12.1 Å². The summed E-state index contributed by atoms with van der Waals surface area (Å²) < 4.78 is 13.3. The Balaban J connectivity index is 1.43. The molecule has 1 saturated heterocycles. The second-order valence-electron chi connectivity index (χ2n) is 8.20. The molecule has 4 rings (SSSR count). The van der Waals surface area contributed by atoms with Gasteiger partial charge in [-0.2, -0.15) is 0 Å². The normalized spacial score (nSPS) is 14.9. The molecular weight excluding hydrogens is 417 g/mol. The van der Waals surface area contributed by atoms with Gasteiger partial charge in [0.25, 0.3) is 5.91 Å². The molecule has 1 N–H and O–H groups in total. The van der Waals surface area contributed by atoms with Crippen LogP contribution >= 0.6 is 0 Å². The van der Waals surface area contributed by atoms with Gasteiger partial charge in [-0.05, 0) is 48.4 Å². The van der Waals surface area contributed by atoms with Gasteiger partial charge in [0.2, 0.25) is 5.91 Å². The lowest BCUT2D eigenvalue weighted by molar-refractivity contribution is -0.131. The summed E-state index contributed by atoms with van der Waals surface area (Å²) in [6, 6.07) is 24.7. The van der Waals surface area contributed by atoms with Crippen LogP contribution in [0.1, 0.15) is 34.8 Å². The summed E-state index contributed by atoms with van der Waals surface area (Å²) >= 11 is 0. The molecular formula is C27H28FN3O2. The number of hydrogen-bond acceptors (Lipinski definition) is 3. The molecule has 33 heavy (non-hydrogen) atoms. The summed E-state index contributed by atoms with van der Waals surface area (Å²) in [6.07, 6.45) is 1.02. The molecule has 5 nitrogen and oxygen atoms in total. The van der Waals surface area contributed by atoms with Gasteiger partial charge in [0.1, 0.15) is 5.82 Å². The van der Waals surface area contributed by atoms with Crippen LogP contribution in [-0.4, -0.2) is 42.9 Å². The van der Waals surface area contributed by atoms with E-state index in [-0.39, 0.29) is 24.1 Å². The zero-order valence-corrected chi connectivity index (χ0v) is 18.5. The Bertz CT molecular complexity index is 1060. The molecule has 0 radical (unpaired) electrons. The molecule has 3 aromatic rings. The summed E-state index contributed by atoms with van der Waals surface area (Å²) in [5.74, 6) is -0.441. The number of benzene rings is 3. The van der Waals surface area contributed by atoms with Crippen LogP contribution in [0.4, 0.5) is 10.1 Å². The van der Waals surface area contributed by atoms with Crippen molar-refractivity contribution in [3.63, 3.8) is 0 Å². The molecule has 1 atom stereocenters. The van der Waals surface area contributed by atoms with Crippen molar-refractivity contribution in [1.82, 2.24) is 10.2 Å². The van der Waals surface area contributed by atoms with Crippen molar-refractivity contribution >= 4 is 17.5 Å². The average Bonchev–Trinajstić information content (AvgIpc) is 3.12. The van der Waals surface area contributed by atoms with E-state index in [0.29, 0.717) is 25.2 Å². The maximum absolute atomic E-state index is 13.3. The number of anilines is 1. The zero-order valence-electron chi connectivity index (χ0n) is 18.5. The van der Waals surface area contributed by atoms with Gasteiger partial charge >= 0.3 is 0 Å². The van der Waals surface area contributed by atoms with E-state index in [0.717, 1.165) is 24.2 Å². The molecule has 1 unspecified atom stereocenters. The third-order valence-corrected chi connectivity index (χ3v) is 5.96. The van der Waals surface area contributed by atoms with Crippen LogP contribution in [0.5, 0.6) is 0 Å². The lowest BCUT2D eigenvalue weighted by atomic mass is 10.0. The van der Waals surface area contributed by atoms with E-state index in [4.69, 9.17) is 0 Å². The lowest BCUT2D eigenvalue weighted by Gasteiger charge is -2.26. The Labute approximate surface area is 193 Å². The minimum Gasteiger partial charge on any atom is -0.370 e. The van der Waals surface area contributed by atoms with Gasteiger partial charge < -0.3 is 15.1 Å². The summed E-state index contributed by atoms with van der Waals surface area (Å²) in [7, 11) is 0. The van der Waals surface area contributed by atoms with Crippen molar-refractivity contribution < 1.29 is 14.0 Å². The number of nitrogens with zero attached hydrogens (tertiary/aromatic N) is 2. The van der Waals surface area contributed by atoms with Crippen molar-refractivity contribution in [2.75, 3.05) is 31.1 Å². The molecule has 1 aliphatic heterocycles. The number of amides is 2. The number of rotatable bonds is 6. The van der Waals surface area contributed by atoms with E-state index >= 15 is 0 Å². The predicted octanol–water partition coefficient (Wildman–Crippen LogP) is 4.43. The highest BCUT2D eigenvalue weighted by Crippen LogP contribution is 2.21. The summed E-state index contributed by atoms with van der Waals surface area (Å²) in [6.45, 7) is 2.74. The molecule has 0 saturated carbocycles. The molecule has 0 bridgehead atoms. The van der Waals surface area contributed by atoms with Crippen molar-refractivity contribution in [1.29, 1.82) is 0 Å². The van der Waals surface area contributed by atoms with E-state index < -0.39 is 6.04 Å². The summed E-state index contributed by atoms with van der Waals surface area (Å²) in [5, 5.41) is 3.04. The highest BCUT2D eigenvalue weighted by atomic mass is 19.1. The van der Waals surface area contributed by atoms with E-state index in [9.17, 15) is 14.0 Å². The van der Waals surface area contributed by atoms with Crippen molar-refractivity contribution in [2.45, 2.75) is 18.9 Å². The van der Waals surface area contributed by atoms with Crippen LogP contribution in [0.2, 0.25) is 0 Å². The molecule has 170 valence electrons. The molecule has 1 fully saturated rings. The van der Waals surface area contributed by atoms with Gasteiger partial charge in [0.05, 0.1) is 12.5 Å². The Kier molecular flexibility index (Phi) is 7.35. The number of carbonyl (C=O) groups is 2. The molecule has 1 aliphatic rings. The Morgan fingerprint density at radius 1 is 0.818 bits per heavy atom. The first-order valence-electron chi connectivity index (χ1n) is 11.3. The minimum atomic E-state index is -0.414. The maximum Gasteiger partial charge on any atom is 0.251 e. The molecule has 0 aliphatic carbocycles. The fourth-order valence-electron chi connectivity index (χ4n) is 4.15. The zero-order chi connectivity index (χ0) is 23.0. The molecule has 1 heterocycles. The van der Waals surface area contributed by atoms with Crippen molar-refractivity contribution in [3.05, 3.63) is 102 Å². The first-order valence-corrected chi connectivity index (χ1v) is 11.3.